The van der Waals surface area contributed by atoms with Crippen molar-refractivity contribution in [1.29, 1.82) is 0 Å². The second kappa shape index (κ2) is 16.7. The molecule has 0 saturated heterocycles. The van der Waals surface area contributed by atoms with Gasteiger partial charge in [-0.2, -0.15) is 0 Å². The third-order valence-electron chi connectivity index (χ3n) is 13.2. The zero-order chi connectivity index (χ0) is 44.8. The number of fused-ring (bicyclic) bond motifs is 6. The van der Waals surface area contributed by atoms with Crippen LogP contribution in [-0.4, -0.2) is 11.7 Å². The lowest BCUT2D eigenvalue weighted by atomic mass is 9.82. The Bertz CT molecular complexity index is 3440. The van der Waals surface area contributed by atoms with Crippen LogP contribution in [0.25, 0.3) is 55.3 Å². The van der Waals surface area contributed by atoms with Crippen molar-refractivity contribution in [3.63, 3.8) is 0 Å². The largest absolute Gasteiger partial charge is 0.455 e. The van der Waals surface area contributed by atoms with Crippen LogP contribution in [0, 0.1) is 0 Å². The molecule has 1 atom stereocenters. The first kappa shape index (κ1) is 40.5. The first-order valence-corrected chi connectivity index (χ1v) is 22.6. The van der Waals surface area contributed by atoms with Crippen molar-refractivity contribution in [1.82, 2.24) is 0 Å². The summed E-state index contributed by atoms with van der Waals surface area (Å²) in [6.07, 6.45) is 0. The van der Waals surface area contributed by atoms with Gasteiger partial charge in [0, 0.05) is 44.4 Å². The number of para-hydroxylation sites is 2. The van der Waals surface area contributed by atoms with E-state index in [-0.39, 0.29) is 11.5 Å². The second-order valence-electron chi connectivity index (χ2n) is 17.6. The Balaban J connectivity index is 1.00. The number of aliphatic imine (C=N–C) groups is 2. The maximum atomic E-state index is 6.98. The van der Waals surface area contributed by atoms with Gasteiger partial charge in [-0.25, -0.2) is 4.99 Å². The van der Waals surface area contributed by atoms with Crippen molar-refractivity contribution >= 4 is 50.7 Å². The molecular weight excluding hydrogens is 805 g/mol. The Morgan fingerprint density at radius 1 is 0.500 bits per heavy atom. The molecule has 0 aliphatic heterocycles. The highest BCUT2D eigenvalue weighted by Crippen LogP contribution is 2.51. The van der Waals surface area contributed by atoms with Crippen molar-refractivity contribution in [2.24, 2.45) is 15.7 Å². The Kier molecular flexibility index (Phi) is 10.2. The number of amidine groups is 2. The molecule has 318 valence electrons. The Morgan fingerprint density at radius 3 is 1.76 bits per heavy atom. The van der Waals surface area contributed by atoms with E-state index in [0.717, 1.165) is 61.2 Å². The van der Waals surface area contributed by atoms with Crippen molar-refractivity contribution < 1.29 is 4.42 Å². The molecule has 10 aromatic rings. The standard InChI is InChI=1S/C61H48N4O/c1-40(41-17-7-4-8-18-41)63-60(64-59(62)45-21-11-6-12-22-45)54-27-16-26-53-52-25-15-24-49(57(52)66-58(53)54)44-31-35-47(36-32-44)65(46-33-29-43(30-34-46)42-19-9-5-10-20-42)48-37-38-51-50-23-13-14-28-55(50)61(2,3)56(51)39-48/h4-40H,1-3H3,(H2,62,63,64). The van der Waals surface area contributed by atoms with Gasteiger partial charge in [-0.05, 0) is 93.9 Å². The quantitative estimate of drug-likeness (QED) is 0.116. The second-order valence-corrected chi connectivity index (χ2v) is 17.6. The third-order valence-corrected chi connectivity index (χ3v) is 13.2. The number of hydrogen-bond donors (Lipinski definition) is 1. The molecule has 0 saturated carbocycles. The first-order valence-electron chi connectivity index (χ1n) is 22.6. The van der Waals surface area contributed by atoms with Gasteiger partial charge in [-0.15, -0.1) is 0 Å². The van der Waals surface area contributed by atoms with Gasteiger partial charge < -0.3 is 15.1 Å². The molecule has 5 heteroatoms. The molecule has 0 spiro atoms. The molecule has 1 unspecified atom stereocenters. The molecule has 66 heavy (non-hydrogen) atoms. The van der Waals surface area contributed by atoms with Crippen LogP contribution in [0.3, 0.4) is 0 Å². The number of furan rings is 1. The number of benzene rings is 9. The molecule has 1 aliphatic rings. The van der Waals surface area contributed by atoms with E-state index in [1.807, 2.05) is 60.7 Å². The van der Waals surface area contributed by atoms with E-state index in [9.17, 15) is 0 Å². The minimum atomic E-state index is -0.178. The van der Waals surface area contributed by atoms with Gasteiger partial charge in [0.1, 0.15) is 17.0 Å². The summed E-state index contributed by atoms with van der Waals surface area (Å²) >= 11 is 0. The SMILES string of the molecule is CC(N=C(N=C(N)c1ccccc1)c1cccc2c1oc1c(-c3ccc(N(c4ccc(-c5ccccc5)cc4)c4ccc5c(c4)C(C)(C)c4ccccc4-5)cc3)cccc12)c1ccccc1. The lowest BCUT2D eigenvalue weighted by molar-refractivity contribution is 0.660. The summed E-state index contributed by atoms with van der Waals surface area (Å²) in [4.78, 5) is 12.6. The van der Waals surface area contributed by atoms with E-state index < -0.39 is 0 Å². The zero-order valence-electron chi connectivity index (χ0n) is 37.2. The highest BCUT2D eigenvalue weighted by Gasteiger charge is 2.35. The van der Waals surface area contributed by atoms with Gasteiger partial charge in [0.15, 0.2) is 5.84 Å². The lowest BCUT2D eigenvalue weighted by Crippen LogP contribution is -2.16. The summed E-state index contributed by atoms with van der Waals surface area (Å²) in [7, 11) is 0. The van der Waals surface area contributed by atoms with Crippen LogP contribution < -0.4 is 10.6 Å². The van der Waals surface area contributed by atoms with E-state index in [4.69, 9.17) is 20.1 Å². The molecule has 0 amide bonds. The Hall–Kier alpha value is -8.28. The highest BCUT2D eigenvalue weighted by atomic mass is 16.3. The van der Waals surface area contributed by atoms with E-state index in [1.54, 1.807) is 0 Å². The summed E-state index contributed by atoms with van der Waals surface area (Å²) in [6, 6.07) is 76.5. The molecule has 1 aromatic heterocycles. The van der Waals surface area contributed by atoms with Crippen LogP contribution in [0.5, 0.6) is 0 Å². The fourth-order valence-electron chi connectivity index (χ4n) is 9.66. The van der Waals surface area contributed by atoms with Crippen LogP contribution in [0.15, 0.2) is 233 Å². The Morgan fingerprint density at radius 2 is 1.05 bits per heavy atom. The lowest BCUT2D eigenvalue weighted by Gasteiger charge is -2.28. The van der Waals surface area contributed by atoms with Crippen LogP contribution in [0.4, 0.5) is 17.1 Å². The maximum absolute atomic E-state index is 6.98. The fraction of sp³-hybridized carbons (Fsp3) is 0.0820. The van der Waals surface area contributed by atoms with Crippen molar-refractivity contribution in [2.75, 3.05) is 4.90 Å². The molecule has 11 rings (SSSR count). The molecule has 0 fully saturated rings. The monoisotopic (exact) mass is 852 g/mol. The van der Waals surface area contributed by atoms with Gasteiger partial charge in [-0.3, -0.25) is 4.99 Å². The number of anilines is 3. The molecule has 5 nitrogen and oxygen atoms in total. The predicted molar refractivity (Wildman–Crippen MR) is 275 cm³/mol. The van der Waals surface area contributed by atoms with Crippen molar-refractivity contribution in [3.8, 4) is 33.4 Å². The molecule has 1 aliphatic carbocycles. The van der Waals surface area contributed by atoms with Crippen LogP contribution in [0.2, 0.25) is 0 Å². The van der Waals surface area contributed by atoms with Gasteiger partial charge in [0.05, 0.1) is 11.6 Å². The molecule has 0 bridgehead atoms. The smallest absolute Gasteiger partial charge is 0.161 e. The normalized spacial score (nSPS) is 13.7. The van der Waals surface area contributed by atoms with Crippen molar-refractivity contribution in [3.05, 3.63) is 246 Å². The van der Waals surface area contributed by atoms with Gasteiger partial charge in [0.25, 0.3) is 0 Å². The molecule has 9 aromatic carbocycles. The van der Waals surface area contributed by atoms with E-state index in [1.165, 1.54) is 33.4 Å². The number of nitrogens with two attached hydrogens (primary N) is 1. The summed E-state index contributed by atoms with van der Waals surface area (Å²) in [5.74, 6) is 0.900. The summed E-state index contributed by atoms with van der Waals surface area (Å²) < 4.78 is 6.98. The number of hydrogen-bond acceptors (Lipinski definition) is 3. The topological polar surface area (TPSA) is 67.1 Å². The maximum Gasteiger partial charge on any atom is 0.161 e. The van der Waals surface area contributed by atoms with Crippen LogP contribution in [0.1, 0.15) is 54.6 Å². The van der Waals surface area contributed by atoms with Gasteiger partial charge in [0.2, 0.25) is 0 Å². The van der Waals surface area contributed by atoms with Gasteiger partial charge in [-0.1, -0.05) is 190 Å². The average Bonchev–Trinajstić information content (AvgIpc) is 3.87. The number of rotatable bonds is 9. The minimum absolute atomic E-state index is 0.132. The van der Waals surface area contributed by atoms with Crippen LogP contribution >= 0.6 is 0 Å². The fourth-order valence-corrected chi connectivity index (χ4v) is 9.66. The zero-order valence-corrected chi connectivity index (χ0v) is 37.2. The molecular formula is C61H48N4O. The summed E-state index contributed by atoms with van der Waals surface area (Å²) in [5.41, 5.74) is 23.7. The molecule has 2 N–H and O–H groups in total. The van der Waals surface area contributed by atoms with E-state index in [2.05, 4.69) is 183 Å². The first-order chi connectivity index (χ1) is 32.3. The van der Waals surface area contributed by atoms with Crippen molar-refractivity contribution in [2.45, 2.75) is 32.2 Å². The van der Waals surface area contributed by atoms with Crippen LogP contribution in [-0.2, 0) is 5.41 Å². The van der Waals surface area contributed by atoms with Gasteiger partial charge >= 0.3 is 0 Å². The highest BCUT2D eigenvalue weighted by molar-refractivity contribution is 6.19. The number of nitrogens with zero attached hydrogens (tertiary/aromatic N) is 3. The molecule has 1 heterocycles. The van der Waals surface area contributed by atoms with E-state index in [0.29, 0.717) is 17.3 Å². The summed E-state index contributed by atoms with van der Waals surface area (Å²) in [5, 5.41) is 2.01. The summed E-state index contributed by atoms with van der Waals surface area (Å²) in [6.45, 7) is 6.75. The van der Waals surface area contributed by atoms with E-state index >= 15 is 0 Å². The minimum Gasteiger partial charge on any atom is -0.455 e. The Labute approximate surface area is 385 Å². The average molecular weight is 853 g/mol. The molecule has 0 radical (unpaired) electrons. The predicted octanol–water partition coefficient (Wildman–Crippen LogP) is 15.6. The third kappa shape index (κ3) is 7.25.